The van der Waals surface area contributed by atoms with Crippen LogP contribution in [0.3, 0.4) is 0 Å². The Labute approximate surface area is 113 Å². The highest BCUT2D eigenvalue weighted by Crippen LogP contribution is 2.20. The van der Waals surface area contributed by atoms with Crippen LogP contribution in [0.1, 0.15) is 17.2 Å². The van der Waals surface area contributed by atoms with Gasteiger partial charge in [-0.05, 0) is 12.5 Å². The molecule has 1 aromatic carbocycles. The van der Waals surface area contributed by atoms with Gasteiger partial charge in [-0.15, -0.1) is 0 Å². The minimum Gasteiger partial charge on any atom is -0.303 e. The van der Waals surface area contributed by atoms with Crippen LogP contribution in [0.25, 0.3) is 0 Å². The average Bonchev–Trinajstić information content (AvgIpc) is 2.68. The molecule has 2 rings (SSSR count). The third kappa shape index (κ3) is 2.87. The highest BCUT2D eigenvalue weighted by atomic mass is 79.9. The zero-order valence-corrected chi connectivity index (χ0v) is 12.0. The molecule has 0 radical (unpaired) electrons. The molecule has 0 spiro atoms. The molecule has 0 aliphatic rings. The second-order valence-corrected chi connectivity index (χ2v) is 5.48. The van der Waals surface area contributed by atoms with Crippen molar-refractivity contribution in [2.75, 3.05) is 5.33 Å². The van der Waals surface area contributed by atoms with Crippen LogP contribution in [0.15, 0.2) is 40.5 Å². The molecule has 17 heavy (non-hydrogen) atoms. The molecular formula is C13H14BrNOS. The number of hydrogen-bond acceptors (Lipinski definition) is 2. The van der Waals surface area contributed by atoms with Crippen molar-refractivity contribution in [2.45, 2.75) is 19.4 Å². The van der Waals surface area contributed by atoms with Crippen LogP contribution in [-0.4, -0.2) is 9.90 Å². The monoisotopic (exact) mass is 311 g/mol. The summed E-state index contributed by atoms with van der Waals surface area (Å²) in [7, 11) is 0. The lowest BCUT2D eigenvalue weighted by Gasteiger charge is -2.15. The lowest BCUT2D eigenvalue weighted by atomic mass is 10.0. The van der Waals surface area contributed by atoms with Gasteiger partial charge in [0.2, 0.25) is 0 Å². The van der Waals surface area contributed by atoms with E-state index in [0.717, 1.165) is 17.6 Å². The molecule has 0 N–H and O–H groups in total. The molecule has 1 unspecified atom stereocenters. The molecular weight excluding hydrogens is 298 g/mol. The van der Waals surface area contributed by atoms with Gasteiger partial charge in [0.25, 0.3) is 0 Å². The van der Waals surface area contributed by atoms with E-state index >= 15 is 0 Å². The summed E-state index contributed by atoms with van der Waals surface area (Å²) < 4.78 is 1.85. The molecule has 0 aliphatic heterocycles. The quantitative estimate of drug-likeness (QED) is 0.793. The molecule has 0 fully saturated rings. The van der Waals surface area contributed by atoms with Crippen molar-refractivity contribution in [3.05, 3.63) is 56.6 Å². The molecule has 2 aromatic rings. The molecule has 1 atom stereocenters. The Bertz CT molecular complexity index is 532. The van der Waals surface area contributed by atoms with Crippen LogP contribution in [0.5, 0.6) is 0 Å². The predicted molar refractivity (Wildman–Crippen MR) is 76.3 cm³/mol. The van der Waals surface area contributed by atoms with Gasteiger partial charge in [-0.2, -0.15) is 0 Å². The van der Waals surface area contributed by atoms with Crippen molar-refractivity contribution in [3.63, 3.8) is 0 Å². The number of alkyl halides is 1. The molecule has 90 valence electrons. The number of thiazole rings is 1. The van der Waals surface area contributed by atoms with E-state index < -0.39 is 0 Å². The molecule has 4 heteroatoms. The first kappa shape index (κ1) is 12.6. The van der Waals surface area contributed by atoms with Crippen LogP contribution < -0.4 is 4.87 Å². The number of nitrogens with zero attached hydrogens (tertiary/aromatic N) is 1. The zero-order valence-electron chi connectivity index (χ0n) is 9.60. The van der Waals surface area contributed by atoms with E-state index in [2.05, 4.69) is 28.1 Å². The van der Waals surface area contributed by atoms with E-state index in [9.17, 15) is 4.79 Å². The third-order valence-corrected chi connectivity index (χ3v) is 4.50. The Balaban J connectivity index is 2.25. The molecule has 0 saturated carbocycles. The summed E-state index contributed by atoms with van der Waals surface area (Å²) in [6.45, 7) is 2.72. The van der Waals surface area contributed by atoms with Crippen LogP contribution in [0, 0.1) is 6.92 Å². The number of halogens is 1. The fourth-order valence-corrected chi connectivity index (χ4v) is 3.14. The van der Waals surface area contributed by atoms with Crippen molar-refractivity contribution in [1.29, 1.82) is 0 Å². The van der Waals surface area contributed by atoms with Crippen molar-refractivity contribution in [1.82, 2.24) is 4.57 Å². The van der Waals surface area contributed by atoms with Crippen molar-refractivity contribution < 1.29 is 0 Å². The summed E-state index contributed by atoms with van der Waals surface area (Å²) >= 11 is 4.81. The van der Waals surface area contributed by atoms with Crippen molar-refractivity contribution >= 4 is 27.3 Å². The summed E-state index contributed by atoms with van der Waals surface area (Å²) in [5, 5.41) is 2.78. The highest BCUT2D eigenvalue weighted by molar-refractivity contribution is 9.09. The number of benzene rings is 1. The maximum Gasteiger partial charge on any atom is 0.307 e. The SMILES string of the molecule is Cc1csc(=O)n1CC(CBr)c1ccccc1. The van der Waals surface area contributed by atoms with Gasteiger partial charge in [-0.1, -0.05) is 57.6 Å². The molecule has 0 aliphatic carbocycles. The van der Waals surface area contributed by atoms with Crippen LogP contribution in [0.4, 0.5) is 0 Å². The fourth-order valence-electron chi connectivity index (χ4n) is 1.81. The van der Waals surface area contributed by atoms with Gasteiger partial charge in [0, 0.05) is 28.9 Å². The molecule has 2 nitrogen and oxygen atoms in total. The van der Waals surface area contributed by atoms with E-state index in [1.807, 2.05) is 35.1 Å². The predicted octanol–water partition coefficient (Wildman–Crippen LogP) is 3.40. The van der Waals surface area contributed by atoms with E-state index in [1.165, 1.54) is 16.9 Å². The molecule has 0 bridgehead atoms. The lowest BCUT2D eigenvalue weighted by Crippen LogP contribution is -2.20. The molecule has 0 amide bonds. The fraction of sp³-hybridized carbons (Fsp3) is 0.308. The standard InChI is InChI=1S/C13H14BrNOS/c1-10-9-17-13(16)15(10)8-12(7-14)11-5-3-2-4-6-11/h2-6,9,12H,7-8H2,1H3. The van der Waals surface area contributed by atoms with Crippen molar-refractivity contribution in [2.24, 2.45) is 0 Å². The van der Waals surface area contributed by atoms with Crippen LogP contribution in [0.2, 0.25) is 0 Å². The third-order valence-electron chi connectivity index (χ3n) is 2.84. The van der Waals surface area contributed by atoms with E-state index in [-0.39, 0.29) is 4.87 Å². The molecule has 1 aromatic heterocycles. The first-order chi connectivity index (χ1) is 8.22. The zero-order chi connectivity index (χ0) is 12.3. The van der Waals surface area contributed by atoms with Gasteiger partial charge >= 0.3 is 4.87 Å². The van der Waals surface area contributed by atoms with Gasteiger partial charge in [-0.3, -0.25) is 4.79 Å². The molecule has 0 saturated heterocycles. The number of hydrogen-bond donors (Lipinski definition) is 0. The number of aryl methyl sites for hydroxylation is 1. The number of rotatable bonds is 4. The number of aromatic nitrogens is 1. The Morgan fingerprint density at radius 3 is 2.59 bits per heavy atom. The van der Waals surface area contributed by atoms with E-state index in [4.69, 9.17) is 0 Å². The Morgan fingerprint density at radius 2 is 2.06 bits per heavy atom. The topological polar surface area (TPSA) is 22.0 Å². The largest absolute Gasteiger partial charge is 0.307 e. The van der Waals surface area contributed by atoms with Crippen molar-refractivity contribution in [3.8, 4) is 0 Å². The van der Waals surface area contributed by atoms with Crippen LogP contribution >= 0.6 is 27.3 Å². The summed E-state index contributed by atoms with van der Waals surface area (Å²) in [5.74, 6) is 0.335. The van der Waals surface area contributed by atoms with Gasteiger partial charge in [0.05, 0.1) is 0 Å². The second-order valence-electron chi connectivity index (χ2n) is 4.02. The minimum absolute atomic E-state index is 0.129. The maximum absolute atomic E-state index is 11.7. The van der Waals surface area contributed by atoms with E-state index in [1.54, 1.807) is 0 Å². The summed E-state index contributed by atoms with van der Waals surface area (Å²) in [5.41, 5.74) is 2.31. The Hall–Kier alpha value is -0.870. The highest BCUT2D eigenvalue weighted by Gasteiger charge is 2.13. The summed E-state index contributed by atoms with van der Waals surface area (Å²) in [4.78, 5) is 11.8. The minimum atomic E-state index is 0.129. The Kier molecular flexibility index (Phi) is 4.18. The van der Waals surface area contributed by atoms with Gasteiger partial charge in [0.15, 0.2) is 0 Å². The first-order valence-corrected chi connectivity index (χ1v) is 7.48. The van der Waals surface area contributed by atoms with Gasteiger partial charge in [-0.25, -0.2) is 0 Å². The van der Waals surface area contributed by atoms with Gasteiger partial charge in [0.1, 0.15) is 0 Å². The van der Waals surface area contributed by atoms with Gasteiger partial charge < -0.3 is 4.57 Å². The smallest absolute Gasteiger partial charge is 0.303 e. The first-order valence-electron chi connectivity index (χ1n) is 5.48. The second kappa shape index (κ2) is 5.65. The summed E-state index contributed by atoms with van der Waals surface area (Å²) in [6.07, 6.45) is 0. The normalized spacial score (nSPS) is 12.6. The lowest BCUT2D eigenvalue weighted by molar-refractivity contribution is 0.587. The van der Waals surface area contributed by atoms with E-state index in [0.29, 0.717) is 5.92 Å². The maximum atomic E-state index is 11.7. The Morgan fingerprint density at radius 1 is 1.35 bits per heavy atom. The average molecular weight is 312 g/mol. The van der Waals surface area contributed by atoms with Crippen LogP contribution in [-0.2, 0) is 6.54 Å². The summed E-state index contributed by atoms with van der Waals surface area (Å²) in [6, 6.07) is 10.3. The molecule has 1 heterocycles.